The quantitative estimate of drug-likeness (QED) is 0.557. The van der Waals surface area contributed by atoms with Gasteiger partial charge < -0.3 is 19.1 Å². The second-order valence-corrected chi connectivity index (χ2v) is 7.78. The molecule has 24 heavy (non-hydrogen) atoms. The average molecular weight is 335 g/mol. The SMILES string of the molecule is CC(C)COC(=O)[C@H]1[C@@H]2C=C[C@]3(CN(C[C@H]4CCCO4)C(=O)[C@H]13)O2. The molecule has 1 amide bonds. The van der Waals surface area contributed by atoms with Crippen LogP contribution in [0.4, 0.5) is 0 Å². The van der Waals surface area contributed by atoms with E-state index < -0.39 is 17.4 Å². The Bertz CT molecular complexity index is 568. The molecule has 2 bridgehead atoms. The molecule has 132 valence electrons. The van der Waals surface area contributed by atoms with Gasteiger partial charge in [0.1, 0.15) is 11.5 Å². The third-order valence-electron chi connectivity index (χ3n) is 5.46. The Hall–Kier alpha value is -1.40. The standard InChI is InChI=1S/C18H25NO5/c1-11(2)9-23-17(21)14-13-5-6-18(24-13)10-19(16(20)15(14)18)8-12-4-3-7-22-12/h5-6,11-15H,3-4,7-10H2,1-2H3/t12-,13+,14+,15+,18-/m1/s1. The summed E-state index contributed by atoms with van der Waals surface area (Å²) in [4.78, 5) is 27.3. The van der Waals surface area contributed by atoms with Crippen LogP contribution in [0.1, 0.15) is 26.7 Å². The van der Waals surface area contributed by atoms with E-state index in [0.29, 0.717) is 19.7 Å². The highest BCUT2D eigenvalue weighted by Gasteiger charge is 2.67. The van der Waals surface area contributed by atoms with E-state index in [9.17, 15) is 9.59 Å². The van der Waals surface area contributed by atoms with Gasteiger partial charge in [-0.25, -0.2) is 0 Å². The maximum Gasteiger partial charge on any atom is 0.312 e. The molecule has 4 heterocycles. The highest BCUT2D eigenvalue weighted by molar-refractivity contribution is 5.91. The van der Waals surface area contributed by atoms with Gasteiger partial charge in [-0.2, -0.15) is 0 Å². The van der Waals surface area contributed by atoms with Crippen LogP contribution in [-0.2, 0) is 23.8 Å². The van der Waals surface area contributed by atoms with Gasteiger partial charge in [-0.15, -0.1) is 0 Å². The summed E-state index contributed by atoms with van der Waals surface area (Å²) in [5.41, 5.74) is -0.651. The zero-order valence-electron chi connectivity index (χ0n) is 14.3. The molecule has 0 aromatic heterocycles. The number of rotatable bonds is 5. The van der Waals surface area contributed by atoms with E-state index in [4.69, 9.17) is 14.2 Å². The van der Waals surface area contributed by atoms with Crippen molar-refractivity contribution in [1.82, 2.24) is 4.90 Å². The van der Waals surface area contributed by atoms with Gasteiger partial charge in [0.05, 0.1) is 31.3 Å². The molecule has 1 spiro atoms. The maximum atomic E-state index is 13.0. The Labute approximate surface area is 142 Å². The van der Waals surface area contributed by atoms with Crippen LogP contribution in [0.25, 0.3) is 0 Å². The van der Waals surface area contributed by atoms with Crippen LogP contribution in [0.2, 0.25) is 0 Å². The fourth-order valence-corrected chi connectivity index (χ4v) is 4.38. The second kappa shape index (κ2) is 5.85. The van der Waals surface area contributed by atoms with Gasteiger partial charge in [0.2, 0.25) is 5.91 Å². The van der Waals surface area contributed by atoms with Crippen LogP contribution in [0.3, 0.4) is 0 Å². The molecule has 0 unspecified atom stereocenters. The minimum absolute atomic E-state index is 0.00356. The average Bonchev–Trinajstić information content (AvgIpc) is 3.28. The van der Waals surface area contributed by atoms with Gasteiger partial charge in [0.25, 0.3) is 0 Å². The van der Waals surface area contributed by atoms with Crippen molar-refractivity contribution in [3.63, 3.8) is 0 Å². The number of amides is 1. The molecule has 6 nitrogen and oxygen atoms in total. The van der Waals surface area contributed by atoms with E-state index in [0.717, 1.165) is 19.4 Å². The zero-order valence-corrected chi connectivity index (χ0v) is 14.3. The van der Waals surface area contributed by atoms with Crippen molar-refractivity contribution in [2.75, 3.05) is 26.3 Å². The number of carbonyl (C=O) groups excluding carboxylic acids is 2. The lowest BCUT2D eigenvalue weighted by Crippen LogP contribution is -2.40. The molecule has 0 saturated carbocycles. The number of carbonyl (C=O) groups is 2. The predicted molar refractivity (Wildman–Crippen MR) is 85.1 cm³/mol. The molecule has 0 aromatic carbocycles. The summed E-state index contributed by atoms with van der Waals surface area (Å²) in [5.74, 6) is -1.00. The first-order valence-electron chi connectivity index (χ1n) is 8.94. The summed E-state index contributed by atoms with van der Waals surface area (Å²) in [7, 11) is 0. The first kappa shape index (κ1) is 16.1. The first-order valence-corrected chi connectivity index (χ1v) is 8.94. The number of likely N-dealkylation sites (tertiary alicyclic amines) is 1. The van der Waals surface area contributed by atoms with Gasteiger partial charge in [-0.3, -0.25) is 9.59 Å². The summed E-state index contributed by atoms with van der Waals surface area (Å²) in [6.45, 7) is 6.24. The molecular formula is C18H25NO5. The van der Waals surface area contributed by atoms with Crippen LogP contribution >= 0.6 is 0 Å². The fraction of sp³-hybridized carbons (Fsp3) is 0.778. The molecule has 4 aliphatic heterocycles. The molecule has 4 rings (SSSR count). The Kier molecular flexibility index (Phi) is 3.92. The van der Waals surface area contributed by atoms with Crippen LogP contribution < -0.4 is 0 Å². The number of hydrogen-bond donors (Lipinski definition) is 0. The van der Waals surface area contributed by atoms with E-state index in [1.165, 1.54) is 0 Å². The first-order chi connectivity index (χ1) is 11.5. The summed E-state index contributed by atoms with van der Waals surface area (Å²) in [5, 5.41) is 0. The van der Waals surface area contributed by atoms with E-state index in [2.05, 4.69) is 0 Å². The predicted octanol–water partition coefficient (Wildman–Crippen LogP) is 1.15. The molecule has 4 aliphatic rings. The monoisotopic (exact) mass is 335 g/mol. The Morgan fingerprint density at radius 2 is 2.33 bits per heavy atom. The highest BCUT2D eigenvalue weighted by atomic mass is 16.6. The molecule has 0 N–H and O–H groups in total. The van der Waals surface area contributed by atoms with Crippen molar-refractivity contribution in [1.29, 1.82) is 0 Å². The molecule has 6 heteroatoms. The van der Waals surface area contributed by atoms with E-state index in [1.807, 2.05) is 30.9 Å². The Balaban J connectivity index is 1.50. The van der Waals surface area contributed by atoms with Crippen molar-refractivity contribution in [2.24, 2.45) is 17.8 Å². The van der Waals surface area contributed by atoms with Crippen molar-refractivity contribution in [2.45, 2.75) is 44.5 Å². The van der Waals surface area contributed by atoms with Crippen LogP contribution in [0, 0.1) is 17.8 Å². The minimum atomic E-state index is -0.651. The molecule has 0 aromatic rings. The summed E-state index contributed by atoms with van der Waals surface area (Å²) >= 11 is 0. The van der Waals surface area contributed by atoms with Crippen LogP contribution in [0.5, 0.6) is 0 Å². The molecule has 0 radical (unpaired) electrons. The molecule has 3 saturated heterocycles. The topological polar surface area (TPSA) is 65.1 Å². The lowest BCUT2D eigenvalue weighted by Gasteiger charge is -2.23. The normalized spacial score (nSPS) is 40.0. The maximum absolute atomic E-state index is 13.0. The fourth-order valence-electron chi connectivity index (χ4n) is 4.38. The molecular weight excluding hydrogens is 310 g/mol. The molecule has 3 fully saturated rings. The summed E-state index contributed by atoms with van der Waals surface area (Å²) in [6.07, 6.45) is 5.70. The zero-order chi connectivity index (χ0) is 16.9. The third-order valence-corrected chi connectivity index (χ3v) is 5.46. The van der Waals surface area contributed by atoms with E-state index in [-0.39, 0.29) is 30.0 Å². The van der Waals surface area contributed by atoms with Crippen molar-refractivity contribution in [3.05, 3.63) is 12.2 Å². The van der Waals surface area contributed by atoms with Crippen LogP contribution in [-0.4, -0.2) is 60.9 Å². The molecule has 5 atom stereocenters. The van der Waals surface area contributed by atoms with Gasteiger partial charge in [-0.05, 0) is 18.8 Å². The summed E-state index contributed by atoms with van der Waals surface area (Å²) < 4.78 is 17.1. The van der Waals surface area contributed by atoms with Gasteiger partial charge in [0, 0.05) is 13.2 Å². The minimum Gasteiger partial charge on any atom is -0.465 e. The van der Waals surface area contributed by atoms with Gasteiger partial charge >= 0.3 is 5.97 Å². The number of nitrogens with zero attached hydrogens (tertiary/aromatic N) is 1. The number of hydrogen-bond acceptors (Lipinski definition) is 5. The van der Waals surface area contributed by atoms with E-state index >= 15 is 0 Å². The number of esters is 1. The number of fused-ring (bicyclic) bond motifs is 1. The van der Waals surface area contributed by atoms with E-state index in [1.54, 1.807) is 0 Å². The smallest absolute Gasteiger partial charge is 0.312 e. The van der Waals surface area contributed by atoms with Gasteiger partial charge in [0.15, 0.2) is 0 Å². The lowest BCUT2D eigenvalue weighted by molar-refractivity contribution is -0.154. The van der Waals surface area contributed by atoms with Gasteiger partial charge in [-0.1, -0.05) is 26.0 Å². The van der Waals surface area contributed by atoms with Crippen molar-refractivity contribution < 1.29 is 23.8 Å². The summed E-state index contributed by atoms with van der Waals surface area (Å²) in [6, 6.07) is 0. The highest BCUT2D eigenvalue weighted by Crippen LogP contribution is 2.52. The Morgan fingerprint density at radius 1 is 1.50 bits per heavy atom. The largest absolute Gasteiger partial charge is 0.465 e. The van der Waals surface area contributed by atoms with Crippen LogP contribution in [0.15, 0.2) is 12.2 Å². The third kappa shape index (κ3) is 2.47. The second-order valence-electron chi connectivity index (χ2n) is 7.78. The molecule has 0 aliphatic carbocycles. The number of ether oxygens (including phenoxy) is 3. The Morgan fingerprint density at radius 3 is 3.04 bits per heavy atom. The van der Waals surface area contributed by atoms with Crippen molar-refractivity contribution >= 4 is 11.9 Å². The van der Waals surface area contributed by atoms with Crippen molar-refractivity contribution in [3.8, 4) is 0 Å². The lowest BCUT2D eigenvalue weighted by atomic mass is 9.77.